The molecule has 4 rings (SSSR count). The monoisotopic (exact) mass is 358 g/mol. The summed E-state index contributed by atoms with van der Waals surface area (Å²) in [5, 5.41) is 7.37. The van der Waals surface area contributed by atoms with Crippen LogP contribution in [0, 0.1) is 5.82 Å². The molecule has 1 atom stereocenters. The molecule has 3 aromatic rings. The van der Waals surface area contributed by atoms with Crippen LogP contribution in [0.25, 0.3) is 5.70 Å². The highest BCUT2D eigenvalue weighted by Gasteiger charge is 2.23. The van der Waals surface area contributed by atoms with Crippen molar-refractivity contribution in [3.8, 4) is 5.75 Å². The summed E-state index contributed by atoms with van der Waals surface area (Å²) in [7, 11) is 0. The van der Waals surface area contributed by atoms with Crippen molar-refractivity contribution in [2.24, 2.45) is 0 Å². The van der Waals surface area contributed by atoms with E-state index in [1.165, 1.54) is 30.6 Å². The van der Waals surface area contributed by atoms with Crippen LogP contribution in [-0.2, 0) is 0 Å². The first-order valence-corrected chi connectivity index (χ1v) is 7.79. The third-order valence-corrected chi connectivity index (χ3v) is 4.01. The van der Waals surface area contributed by atoms with Gasteiger partial charge < -0.3 is 10.1 Å². The second-order valence-electron chi connectivity index (χ2n) is 5.63. The molecule has 0 unspecified atom stereocenters. The van der Waals surface area contributed by atoms with Crippen LogP contribution in [0.1, 0.15) is 17.2 Å². The minimum Gasteiger partial charge on any atom is -0.435 e. The highest BCUT2D eigenvalue weighted by atomic mass is 19.3. The molecule has 0 saturated heterocycles. The molecule has 0 amide bonds. The molecule has 0 saturated carbocycles. The fourth-order valence-electron chi connectivity index (χ4n) is 2.82. The Bertz CT molecular complexity index is 936. The van der Waals surface area contributed by atoms with Gasteiger partial charge in [0.15, 0.2) is 0 Å². The lowest BCUT2D eigenvalue weighted by atomic mass is 10.0. The van der Waals surface area contributed by atoms with Crippen LogP contribution >= 0.6 is 0 Å². The van der Waals surface area contributed by atoms with Crippen LogP contribution in [0.3, 0.4) is 0 Å². The van der Waals surface area contributed by atoms with Gasteiger partial charge in [0.25, 0.3) is 0 Å². The molecule has 2 heterocycles. The highest BCUT2D eigenvalue weighted by Crippen LogP contribution is 2.32. The number of anilines is 1. The van der Waals surface area contributed by atoms with E-state index < -0.39 is 6.61 Å². The van der Waals surface area contributed by atoms with Crippen molar-refractivity contribution in [2.75, 3.05) is 5.32 Å². The first-order chi connectivity index (χ1) is 12.6. The molecule has 1 aliphatic heterocycles. The Kier molecular flexibility index (Phi) is 4.08. The topological polar surface area (TPSA) is 52.0 Å². The van der Waals surface area contributed by atoms with Crippen molar-refractivity contribution in [1.29, 1.82) is 0 Å². The second kappa shape index (κ2) is 6.55. The SMILES string of the molecule is Fc1ccc(C2=C[C@H](c3ccc(OC(F)F)cc3)n3ncnc3N2)cc1. The fraction of sp³-hybridized carbons (Fsp3) is 0.111. The summed E-state index contributed by atoms with van der Waals surface area (Å²) in [6, 6.07) is 12.1. The molecule has 1 aliphatic rings. The van der Waals surface area contributed by atoms with E-state index in [0.29, 0.717) is 5.95 Å². The maximum Gasteiger partial charge on any atom is 0.387 e. The average molecular weight is 358 g/mol. The smallest absolute Gasteiger partial charge is 0.387 e. The van der Waals surface area contributed by atoms with E-state index in [4.69, 9.17) is 0 Å². The van der Waals surface area contributed by atoms with Crippen molar-refractivity contribution in [3.63, 3.8) is 0 Å². The van der Waals surface area contributed by atoms with Gasteiger partial charge in [-0.15, -0.1) is 0 Å². The minimum atomic E-state index is -2.87. The predicted molar refractivity (Wildman–Crippen MR) is 89.2 cm³/mol. The van der Waals surface area contributed by atoms with Crippen LogP contribution in [-0.4, -0.2) is 21.4 Å². The molecule has 1 N–H and O–H groups in total. The normalized spacial score (nSPS) is 16.0. The van der Waals surface area contributed by atoms with Crippen LogP contribution in [0.5, 0.6) is 5.75 Å². The van der Waals surface area contributed by atoms with Crippen LogP contribution in [0.4, 0.5) is 19.1 Å². The molecule has 132 valence electrons. The number of rotatable bonds is 4. The average Bonchev–Trinajstić information content (AvgIpc) is 3.10. The van der Waals surface area contributed by atoms with E-state index in [2.05, 4.69) is 20.1 Å². The second-order valence-corrected chi connectivity index (χ2v) is 5.63. The molecule has 5 nitrogen and oxygen atoms in total. The van der Waals surface area contributed by atoms with E-state index in [0.717, 1.165) is 16.8 Å². The van der Waals surface area contributed by atoms with E-state index in [-0.39, 0.29) is 17.6 Å². The van der Waals surface area contributed by atoms with Crippen molar-refractivity contribution < 1.29 is 17.9 Å². The highest BCUT2D eigenvalue weighted by molar-refractivity contribution is 5.77. The molecular weight excluding hydrogens is 345 g/mol. The van der Waals surface area contributed by atoms with Gasteiger partial charge in [-0.25, -0.2) is 9.07 Å². The summed E-state index contributed by atoms with van der Waals surface area (Å²) in [5.41, 5.74) is 2.37. The number of hydrogen-bond acceptors (Lipinski definition) is 4. The summed E-state index contributed by atoms with van der Waals surface area (Å²) in [6.07, 6.45) is 3.34. The van der Waals surface area contributed by atoms with Gasteiger partial charge in [-0.05, 0) is 53.6 Å². The van der Waals surface area contributed by atoms with E-state index >= 15 is 0 Å². The maximum atomic E-state index is 13.2. The Morgan fingerprint density at radius 2 is 1.77 bits per heavy atom. The van der Waals surface area contributed by atoms with E-state index in [1.807, 2.05) is 6.08 Å². The molecule has 0 spiro atoms. The minimum absolute atomic E-state index is 0.0826. The third kappa shape index (κ3) is 3.13. The first kappa shape index (κ1) is 16.2. The van der Waals surface area contributed by atoms with Gasteiger partial charge >= 0.3 is 6.61 Å². The zero-order chi connectivity index (χ0) is 18.1. The van der Waals surface area contributed by atoms with Gasteiger partial charge in [-0.1, -0.05) is 12.1 Å². The number of benzene rings is 2. The number of ether oxygens (including phenoxy) is 1. The van der Waals surface area contributed by atoms with Crippen LogP contribution in [0.15, 0.2) is 60.9 Å². The summed E-state index contributed by atoms with van der Waals surface area (Å²) in [6.45, 7) is -2.87. The predicted octanol–water partition coefficient (Wildman–Crippen LogP) is 4.07. The number of aromatic nitrogens is 3. The molecular formula is C18H13F3N4O. The molecule has 0 fully saturated rings. The quantitative estimate of drug-likeness (QED) is 0.764. The summed E-state index contributed by atoms with van der Waals surface area (Å²) in [4.78, 5) is 4.18. The van der Waals surface area contributed by atoms with E-state index in [9.17, 15) is 13.2 Å². The lowest BCUT2D eigenvalue weighted by Gasteiger charge is -2.24. The number of nitrogens with zero attached hydrogens (tertiary/aromatic N) is 3. The Morgan fingerprint density at radius 1 is 1.04 bits per heavy atom. The summed E-state index contributed by atoms with van der Waals surface area (Å²) < 4.78 is 43.9. The number of allylic oxidation sites excluding steroid dienone is 1. The maximum absolute atomic E-state index is 13.2. The summed E-state index contributed by atoms with van der Waals surface area (Å²) >= 11 is 0. The Balaban J connectivity index is 1.70. The molecule has 0 radical (unpaired) electrons. The van der Waals surface area contributed by atoms with Gasteiger partial charge in [-0.3, -0.25) is 0 Å². The number of nitrogens with one attached hydrogen (secondary N) is 1. The van der Waals surface area contributed by atoms with Gasteiger partial charge in [0.1, 0.15) is 23.9 Å². The number of halogens is 3. The molecule has 0 aliphatic carbocycles. The number of hydrogen-bond donors (Lipinski definition) is 1. The molecule has 1 aromatic heterocycles. The molecule has 0 bridgehead atoms. The van der Waals surface area contributed by atoms with Gasteiger partial charge in [0, 0.05) is 5.70 Å². The van der Waals surface area contributed by atoms with Crippen molar-refractivity contribution in [1.82, 2.24) is 14.8 Å². The summed E-state index contributed by atoms with van der Waals surface area (Å²) in [5.74, 6) is 0.295. The third-order valence-electron chi connectivity index (χ3n) is 4.01. The zero-order valence-corrected chi connectivity index (χ0v) is 13.3. The number of alkyl halides is 2. The molecule has 26 heavy (non-hydrogen) atoms. The van der Waals surface area contributed by atoms with E-state index in [1.54, 1.807) is 28.9 Å². The van der Waals surface area contributed by atoms with Crippen LogP contribution in [0.2, 0.25) is 0 Å². The van der Waals surface area contributed by atoms with Gasteiger partial charge in [-0.2, -0.15) is 18.9 Å². The molecule has 8 heteroatoms. The largest absolute Gasteiger partial charge is 0.435 e. The Labute approximate surface area is 146 Å². The standard InChI is InChI=1S/C18H13F3N4O/c19-13-5-1-11(2-6-13)15-9-16(25-18(24-15)22-10-23-25)12-3-7-14(8-4-12)26-17(20)21/h1-10,16-17H,(H,22,23,24)/t16-/m1/s1. The van der Waals surface area contributed by atoms with Crippen molar-refractivity contribution in [2.45, 2.75) is 12.7 Å². The Morgan fingerprint density at radius 3 is 2.46 bits per heavy atom. The Hall–Kier alpha value is -3.29. The van der Waals surface area contributed by atoms with Gasteiger partial charge in [0.05, 0.1) is 0 Å². The fourth-order valence-corrected chi connectivity index (χ4v) is 2.82. The lowest BCUT2D eigenvalue weighted by Crippen LogP contribution is -2.20. The van der Waals surface area contributed by atoms with Crippen LogP contribution < -0.4 is 10.1 Å². The zero-order valence-electron chi connectivity index (χ0n) is 13.3. The number of fused-ring (bicyclic) bond motifs is 1. The first-order valence-electron chi connectivity index (χ1n) is 7.79. The molecule has 2 aromatic carbocycles. The van der Waals surface area contributed by atoms with Crippen molar-refractivity contribution in [3.05, 3.63) is 77.9 Å². The van der Waals surface area contributed by atoms with Crippen molar-refractivity contribution >= 4 is 11.6 Å². The van der Waals surface area contributed by atoms with Gasteiger partial charge in [0.2, 0.25) is 5.95 Å². The lowest BCUT2D eigenvalue weighted by molar-refractivity contribution is -0.0498.